The Balaban J connectivity index is 1.18. The van der Waals surface area contributed by atoms with Gasteiger partial charge < -0.3 is 36.0 Å². The van der Waals surface area contributed by atoms with Crippen LogP contribution in [0.25, 0.3) is 11.3 Å². The van der Waals surface area contributed by atoms with Crippen molar-refractivity contribution in [3.05, 3.63) is 105 Å². The van der Waals surface area contributed by atoms with Crippen LogP contribution in [-0.2, 0) is 14.4 Å². The summed E-state index contributed by atoms with van der Waals surface area (Å²) in [7, 11) is 0. The second-order valence-corrected chi connectivity index (χ2v) is 13.2. The first-order valence-electron chi connectivity index (χ1n) is 14.8. The number of aromatic nitrogens is 3. The van der Waals surface area contributed by atoms with Gasteiger partial charge in [0.1, 0.15) is 34.5 Å². The van der Waals surface area contributed by atoms with Gasteiger partial charge in [0, 0.05) is 17.2 Å². The lowest BCUT2D eigenvalue weighted by molar-refractivity contribution is -0.151. The summed E-state index contributed by atoms with van der Waals surface area (Å²) in [6, 6.07) is 13.2. The van der Waals surface area contributed by atoms with Gasteiger partial charge in [-0.2, -0.15) is 0 Å². The number of β-lactam (4-membered cyclic amide) rings is 1. The van der Waals surface area contributed by atoms with Crippen LogP contribution in [0, 0.1) is 6.92 Å². The SMILES string of the molecule is Cc1ccc(-c2ccc(C(=O)NC(C(=O)NC3C(=O)N4C(C(=O)O)=C(CSc5nnc(C(N)=O)o5)CS[C@@H]34)c3ccc(O)cc3)c(=O)[nH]2)cc1. The Morgan fingerprint density at radius 1 is 1.08 bits per heavy atom. The Hall–Kier alpha value is -5.88. The zero-order valence-corrected chi connectivity index (χ0v) is 27.5. The lowest BCUT2D eigenvalue weighted by Crippen LogP contribution is -2.71. The number of pyridine rings is 1. The van der Waals surface area contributed by atoms with E-state index in [1.54, 1.807) is 6.07 Å². The fourth-order valence-electron chi connectivity index (χ4n) is 5.28. The lowest BCUT2D eigenvalue weighted by atomic mass is 10.0. The van der Waals surface area contributed by atoms with Crippen LogP contribution in [0.15, 0.2) is 86.4 Å². The topological polar surface area (TPSA) is 251 Å². The Labute approximate surface area is 290 Å². The number of aliphatic carboxylic acids is 1. The molecule has 4 amide bonds. The average Bonchev–Trinajstić information content (AvgIpc) is 3.58. The Bertz CT molecular complexity index is 2110. The number of nitrogens with one attached hydrogen (secondary N) is 3. The summed E-state index contributed by atoms with van der Waals surface area (Å²) in [5.74, 6) is -4.93. The number of nitrogens with two attached hydrogens (primary N) is 1. The van der Waals surface area contributed by atoms with Gasteiger partial charge in [-0.1, -0.05) is 53.7 Å². The first-order chi connectivity index (χ1) is 23.9. The van der Waals surface area contributed by atoms with Crippen LogP contribution in [0.5, 0.6) is 5.75 Å². The zero-order chi connectivity index (χ0) is 35.7. The Kier molecular flexibility index (Phi) is 9.47. The number of H-pyrrole nitrogens is 1. The van der Waals surface area contributed by atoms with Gasteiger partial charge in [-0.25, -0.2) is 4.79 Å². The summed E-state index contributed by atoms with van der Waals surface area (Å²) >= 11 is 2.17. The van der Waals surface area contributed by atoms with Crippen molar-refractivity contribution in [1.82, 2.24) is 30.7 Å². The molecular formula is C32H27N7O9S2. The van der Waals surface area contributed by atoms with Gasteiger partial charge in [0.2, 0.25) is 5.91 Å². The Morgan fingerprint density at radius 2 is 1.80 bits per heavy atom. The van der Waals surface area contributed by atoms with E-state index in [4.69, 9.17) is 10.2 Å². The Morgan fingerprint density at radius 3 is 2.44 bits per heavy atom. The molecule has 256 valence electrons. The highest BCUT2D eigenvalue weighted by Crippen LogP contribution is 2.41. The molecule has 2 aliphatic rings. The summed E-state index contributed by atoms with van der Waals surface area (Å²) in [5, 5.41) is 31.4. The zero-order valence-electron chi connectivity index (χ0n) is 25.9. The number of phenolic OH excluding ortho intramolecular Hbond substituents is 1. The highest BCUT2D eigenvalue weighted by Gasteiger charge is 2.54. The van der Waals surface area contributed by atoms with E-state index in [1.807, 2.05) is 31.2 Å². The smallest absolute Gasteiger partial charge is 0.352 e. The maximum atomic E-state index is 13.7. The first-order valence-corrected chi connectivity index (χ1v) is 16.8. The normalized spacial score (nSPS) is 17.4. The minimum absolute atomic E-state index is 0.0187. The summed E-state index contributed by atoms with van der Waals surface area (Å²) in [4.78, 5) is 80.7. The van der Waals surface area contributed by atoms with Crippen LogP contribution < -0.4 is 21.9 Å². The molecule has 0 saturated carbocycles. The van der Waals surface area contributed by atoms with E-state index in [1.165, 1.54) is 42.1 Å². The first kappa shape index (κ1) is 34.0. The molecule has 0 spiro atoms. The summed E-state index contributed by atoms with van der Waals surface area (Å²) in [6.45, 7) is 1.93. The third kappa shape index (κ3) is 6.83. The molecule has 1 saturated heterocycles. The minimum Gasteiger partial charge on any atom is -0.508 e. The molecule has 16 nitrogen and oxygen atoms in total. The molecule has 2 unspecified atom stereocenters. The second kappa shape index (κ2) is 13.9. The maximum absolute atomic E-state index is 13.7. The van der Waals surface area contributed by atoms with E-state index < -0.39 is 58.5 Å². The van der Waals surface area contributed by atoms with Crippen LogP contribution in [-0.4, -0.2) is 82.8 Å². The minimum atomic E-state index is -1.41. The monoisotopic (exact) mass is 717 g/mol. The van der Waals surface area contributed by atoms with Crippen LogP contribution in [0.4, 0.5) is 0 Å². The average molecular weight is 718 g/mol. The van der Waals surface area contributed by atoms with Gasteiger partial charge in [-0.3, -0.25) is 28.9 Å². The molecule has 7 N–H and O–H groups in total. The number of carboxylic acids is 1. The number of hydrogen-bond donors (Lipinski definition) is 6. The number of nitrogens with zero attached hydrogens (tertiary/aromatic N) is 3. The molecule has 4 aromatic rings. The van der Waals surface area contributed by atoms with Crippen LogP contribution in [0.3, 0.4) is 0 Å². The number of carbonyl (C=O) groups is 5. The number of carboxylic acid groups (broad SMARTS) is 1. The highest BCUT2D eigenvalue weighted by atomic mass is 32.2. The number of benzene rings is 2. The number of rotatable bonds is 11. The van der Waals surface area contributed by atoms with Gasteiger partial charge in [0.05, 0.1) is 0 Å². The van der Waals surface area contributed by atoms with E-state index in [-0.39, 0.29) is 39.3 Å². The highest BCUT2D eigenvalue weighted by molar-refractivity contribution is 8.01. The van der Waals surface area contributed by atoms with Gasteiger partial charge in [-0.15, -0.1) is 22.0 Å². The van der Waals surface area contributed by atoms with E-state index in [2.05, 4.69) is 25.8 Å². The van der Waals surface area contributed by atoms with Gasteiger partial charge in [-0.05, 0) is 47.9 Å². The van der Waals surface area contributed by atoms with E-state index >= 15 is 0 Å². The number of aromatic hydroxyl groups is 1. The molecular weight excluding hydrogens is 691 g/mol. The number of carbonyl (C=O) groups excluding carboxylic acids is 4. The molecule has 1 fully saturated rings. The van der Waals surface area contributed by atoms with Crippen molar-refractivity contribution in [2.75, 3.05) is 11.5 Å². The van der Waals surface area contributed by atoms with Crippen molar-refractivity contribution >= 4 is 53.1 Å². The van der Waals surface area contributed by atoms with E-state index in [0.29, 0.717) is 11.3 Å². The number of phenols is 1. The number of thioether (sulfide) groups is 2. The largest absolute Gasteiger partial charge is 0.508 e. The molecule has 2 aliphatic heterocycles. The molecule has 2 aromatic carbocycles. The molecule has 6 rings (SSSR count). The fourth-order valence-corrected chi connectivity index (χ4v) is 7.53. The second-order valence-electron chi connectivity index (χ2n) is 11.2. The van der Waals surface area contributed by atoms with E-state index in [9.17, 15) is 39.0 Å². The number of primary amides is 1. The molecule has 50 heavy (non-hydrogen) atoms. The van der Waals surface area contributed by atoms with Crippen LogP contribution in [0.1, 0.15) is 38.2 Å². The molecule has 18 heteroatoms. The van der Waals surface area contributed by atoms with Crippen molar-refractivity contribution in [1.29, 1.82) is 0 Å². The van der Waals surface area contributed by atoms with Crippen molar-refractivity contribution in [3.63, 3.8) is 0 Å². The number of hydrogen-bond acceptors (Lipinski definition) is 12. The maximum Gasteiger partial charge on any atom is 0.352 e. The van der Waals surface area contributed by atoms with Gasteiger partial charge in [0.15, 0.2) is 0 Å². The number of aryl methyl sites for hydroxylation is 1. The standard InChI is InChI=1S/C32H27N7O9S2/c1-14-2-4-15(5-3-14)20-11-10-19(25(42)34-20)26(43)35-21(16-6-8-18(40)9-7-16)27(44)36-22-29(45)39-23(31(46)47)17(12-49-30(22)39)13-50-32-38-37-28(48-32)24(33)41/h2-11,21-22,30,40H,12-13H2,1H3,(H2,33,41)(H,34,42)(H,35,43)(H,36,44)(H,46,47)/t21?,22?,30-/m0/s1. The van der Waals surface area contributed by atoms with Crippen molar-refractivity contribution < 1.29 is 38.6 Å². The van der Waals surface area contributed by atoms with E-state index in [0.717, 1.165) is 27.8 Å². The van der Waals surface area contributed by atoms with Crippen LogP contribution >= 0.6 is 23.5 Å². The quantitative estimate of drug-likeness (QED) is 0.0953. The molecule has 0 radical (unpaired) electrons. The number of amides is 4. The lowest BCUT2D eigenvalue weighted by Gasteiger charge is -2.49. The van der Waals surface area contributed by atoms with Gasteiger partial charge >= 0.3 is 17.8 Å². The number of aromatic amines is 1. The molecule has 4 heterocycles. The predicted octanol–water partition coefficient (Wildman–Crippen LogP) is 1.54. The van der Waals surface area contributed by atoms with Gasteiger partial charge in [0.25, 0.3) is 22.6 Å². The number of fused-ring (bicyclic) bond motifs is 1. The fraction of sp³-hybridized carbons (Fsp3) is 0.188. The molecule has 3 atom stereocenters. The summed E-state index contributed by atoms with van der Waals surface area (Å²) < 4.78 is 5.13. The van der Waals surface area contributed by atoms with Crippen molar-refractivity contribution in [3.8, 4) is 17.0 Å². The molecule has 0 aliphatic carbocycles. The third-order valence-corrected chi connectivity index (χ3v) is 10.1. The van der Waals surface area contributed by atoms with Crippen molar-refractivity contribution in [2.24, 2.45) is 5.73 Å². The van der Waals surface area contributed by atoms with Crippen LogP contribution in [0.2, 0.25) is 0 Å². The third-order valence-electron chi connectivity index (χ3n) is 7.82. The summed E-state index contributed by atoms with van der Waals surface area (Å²) in [5.41, 5.74) is 6.77. The molecule has 0 bridgehead atoms. The predicted molar refractivity (Wildman–Crippen MR) is 179 cm³/mol. The summed E-state index contributed by atoms with van der Waals surface area (Å²) in [6.07, 6.45) is 0. The van der Waals surface area contributed by atoms with Crippen molar-refractivity contribution in [2.45, 2.75) is 29.6 Å². The molecule has 2 aromatic heterocycles.